The lowest BCUT2D eigenvalue weighted by atomic mass is 9.78. The van der Waals surface area contributed by atoms with Crippen molar-refractivity contribution in [1.29, 1.82) is 0 Å². The van der Waals surface area contributed by atoms with E-state index in [2.05, 4.69) is 28.9 Å². The number of fused-ring (bicyclic) bond motifs is 1. The maximum Gasteiger partial charge on any atom is 0.307 e. The fraction of sp³-hybridized carbons (Fsp3) is 0.444. The van der Waals surface area contributed by atoms with E-state index in [9.17, 15) is 14.7 Å². The number of benzene rings is 2. The Labute approximate surface area is 198 Å². The van der Waals surface area contributed by atoms with Crippen LogP contribution in [-0.4, -0.2) is 22.0 Å². The number of hydrogen-bond donors (Lipinski definition) is 2. The first-order chi connectivity index (χ1) is 16.1. The number of nitrogens with zero attached hydrogens (tertiary/aromatic N) is 1. The highest BCUT2D eigenvalue weighted by molar-refractivity contribution is 7.13. The predicted octanol–water partition coefficient (Wildman–Crippen LogP) is 6.84. The molecule has 6 heteroatoms. The average Bonchev–Trinajstić information content (AvgIpc) is 3.25. The van der Waals surface area contributed by atoms with Crippen LogP contribution in [0.5, 0.6) is 0 Å². The summed E-state index contributed by atoms with van der Waals surface area (Å²) in [5.74, 6) is -0.963. The van der Waals surface area contributed by atoms with E-state index in [0.29, 0.717) is 11.6 Å². The second kappa shape index (κ2) is 9.64. The third-order valence-electron chi connectivity index (χ3n) is 7.36. The molecule has 2 aromatic carbocycles. The molecule has 0 aliphatic heterocycles. The first-order valence-corrected chi connectivity index (χ1v) is 13.0. The van der Waals surface area contributed by atoms with Gasteiger partial charge in [0.2, 0.25) is 5.91 Å². The van der Waals surface area contributed by atoms with E-state index in [0.717, 1.165) is 53.4 Å². The van der Waals surface area contributed by atoms with Gasteiger partial charge in [-0.3, -0.25) is 9.59 Å². The minimum atomic E-state index is -0.857. The van der Waals surface area contributed by atoms with E-state index < -0.39 is 11.9 Å². The van der Waals surface area contributed by atoms with E-state index in [1.807, 2.05) is 18.2 Å². The second-order valence-corrected chi connectivity index (χ2v) is 10.4. The van der Waals surface area contributed by atoms with Crippen molar-refractivity contribution < 1.29 is 14.7 Å². The zero-order valence-electron chi connectivity index (χ0n) is 18.8. The van der Waals surface area contributed by atoms with Gasteiger partial charge in [-0.25, -0.2) is 4.98 Å². The van der Waals surface area contributed by atoms with E-state index >= 15 is 0 Å². The van der Waals surface area contributed by atoms with Crippen LogP contribution in [0.4, 0.5) is 5.69 Å². The quantitative estimate of drug-likeness (QED) is 0.403. The summed E-state index contributed by atoms with van der Waals surface area (Å²) >= 11 is 1.69. The van der Waals surface area contributed by atoms with Crippen molar-refractivity contribution >= 4 is 39.7 Å². The van der Waals surface area contributed by atoms with Gasteiger partial charge in [-0.1, -0.05) is 43.9 Å². The van der Waals surface area contributed by atoms with Crippen molar-refractivity contribution in [2.45, 2.75) is 63.7 Å². The molecular formula is C27H30N2O3S. The molecule has 3 aromatic rings. The lowest BCUT2D eigenvalue weighted by molar-refractivity contribution is -0.146. The molecule has 5 rings (SSSR count). The standard InChI is InChI=1S/C27H30N2O3S/c30-25(15-23(27(31)32)18-5-2-1-3-6-18)28-22-12-11-17-9-10-20(13-21(17)14-22)26-29-24(16-33-26)19-7-4-8-19/h9-14,16,18-19,23H,1-8,15H2,(H,28,30)(H,31,32)/t23-/m1/s1. The average molecular weight is 463 g/mol. The number of nitrogens with one attached hydrogen (secondary N) is 1. The zero-order valence-corrected chi connectivity index (χ0v) is 19.6. The van der Waals surface area contributed by atoms with Crippen molar-refractivity contribution in [1.82, 2.24) is 4.98 Å². The first-order valence-electron chi connectivity index (χ1n) is 12.1. The minimum absolute atomic E-state index is 0.0289. The molecule has 2 N–H and O–H groups in total. The molecule has 0 saturated heterocycles. The number of carboxylic acid groups (broad SMARTS) is 1. The molecule has 1 heterocycles. The van der Waals surface area contributed by atoms with Gasteiger partial charge in [0.15, 0.2) is 0 Å². The summed E-state index contributed by atoms with van der Waals surface area (Å²) in [6.07, 6.45) is 8.91. The third kappa shape index (κ3) is 4.96. The first kappa shape index (κ1) is 22.1. The summed E-state index contributed by atoms with van der Waals surface area (Å²) in [4.78, 5) is 29.4. The number of thiazole rings is 1. The number of rotatable bonds is 7. The lowest BCUT2D eigenvalue weighted by Gasteiger charge is -2.27. The molecule has 2 aliphatic carbocycles. The molecule has 2 saturated carbocycles. The highest BCUT2D eigenvalue weighted by atomic mass is 32.1. The highest BCUT2D eigenvalue weighted by Crippen LogP contribution is 2.39. The summed E-state index contributed by atoms with van der Waals surface area (Å²) in [6, 6.07) is 12.2. The number of carbonyl (C=O) groups excluding carboxylic acids is 1. The number of anilines is 1. The molecule has 2 fully saturated rings. The Morgan fingerprint density at radius 1 is 1.00 bits per heavy atom. The Kier molecular flexibility index (Phi) is 6.45. The van der Waals surface area contributed by atoms with Gasteiger partial charge in [0.1, 0.15) is 5.01 Å². The number of aromatic nitrogens is 1. The maximum absolute atomic E-state index is 12.7. The van der Waals surface area contributed by atoms with Crippen LogP contribution < -0.4 is 5.32 Å². The molecule has 172 valence electrons. The number of hydrogen-bond acceptors (Lipinski definition) is 4. The van der Waals surface area contributed by atoms with Gasteiger partial charge in [0, 0.05) is 29.0 Å². The summed E-state index contributed by atoms with van der Waals surface area (Å²) in [6.45, 7) is 0. The number of carbonyl (C=O) groups is 2. The molecule has 0 radical (unpaired) electrons. The van der Waals surface area contributed by atoms with Crippen molar-refractivity contribution in [3.8, 4) is 10.6 Å². The number of carboxylic acids is 1. The van der Waals surface area contributed by atoms with Gasteiger partial charge in [-0.05, 0) is 60.6 Å². The Morgan fingerprint density at radius 3 is 2.52 bits per heavy atom. The largest absolute Gasteiger partial charge is 0.481 e. The molecule has 0 spiro atoms. The van der Waals surface area contributed by atoms with Crippen molar-refractivity contribution in [3.63, 3.8) is 0 Å². The Balaban J connectivity index is 1.30. The van der Waals surface area contributed by atoms with Gasteiger partial charge in [-0.15, -0.1) is 11.3 Å². The Morgan fingerprint density at radius 2 is 1.79 bits per heavy atom. The molecule has 0 bridgehead atoms. The van der Waals surface area contributed by atoms with Crippen LogP contribution in [0.15, 0.2) is 41.8 Å². The van der Waals surface area contributed by atoms with Crippen LogP contribution in [0.25, 0.3) is 21.3 Å². The smallest absolute Gasteiger partial charge is 0.307 e. The van der Waals surface area contributed by atoms with Gasteiger partial charge in [0.05, 0.1) is 11.6 Å². The normalized spacial score (nSPS) is 18.1. The topological polar surface area (TPSA) is 79.3 Å². The van der Waals surface area contributed by atoms with Crippen LogP contribution in [0.3, 0.4) is 0 Å². The van der Waals surface area contributed by atoms with Gasteiger partial charge in [-0.2, -0.15) is 0 Å². The number of amides is 1. The molecule has 2 aliphatic rings. The van der Waals surface area contributed by atoms with Crippen LogP contribution in [0, 0.1) is 11.8 Å². The monoisotopic (exact) mass is 462 g/mol. The van der Waals surface area contributed by atoms with Gasteiger partial charge in [0.25, 0.3) is 0 Å². The van der Waals surface area contributed by atoms with Crippen molar-refractivity contribution in [3.05, 3.63) is 47.5 Å². The van der Waals surface area contributed by atoms with E-state index in [1.165, 1.54) is 25.0 Å². The molecule has 1 amide bonds. The van der Waals surface area contributed by atoms with Gasteiger partial charge >= 0.3 is 5.97 Å². The summed E-state index contributed by atoms with van der Waals surface area (Å²) in [5, 5.41) is 18.0. The SMILES string of the molecule is O=C(C[C@@H](C(=O)O)C1CCCCC1)Nc1ccc2ccc(-c3nc(C4CCC4)cs3)cc2c1. The van der Waals surface area contributed by atoms with Crippen LogP contribution >= 0.6 is 11.3 Å². The lowest BCUT2D eigenvalue weighted by Crippen LogP contribution is -2.30. The summed E-state index contributed by atoms with van der Waals surface area (Å²) < 4.78 is 0. The van der Waals surface area contributed by atoms with Gasteiger partial charge < -0.3 is 10.4 Å². The molecule has 33 heavy (non-hydrogen) atoms. The highest BCUT2D eigenvalue weighted by Gasteiger charge is 2.31. The molecule has 0 unspecified atom stereocenters. The minimum Gasteiger partial charge on any atom is -0.481 e. The van der Waals surface area contributed by atoms with Crippen molar-refractivity contribution in [2.24, 2.45) is 11.8 Å². The van der Waals surface area contributed by atoms with Crippen LogP contribution in [0.1, 0.15) is 69.4 Å². The van der Waals surface area contributed by atoms with Crippen LogP contribution in [0.2, 0.25) is 0 Å². The molecule has 1 atom stereocenters. The fourth-order valence-electron chi connectivity index (χ4n) is 5.17. The molecule has 5 nitrogen and oxygen atoms in total. The van der Waals surface area contributed by atoms with E-state index in [-0.39, 0.29) is 18.2 Å². The summed E-state index contributed by atoms with van der Waals surface area (Å²) in [5.41, 5.74) is 3.00. The zero-order chi connectivity index (χ0) is 22.8. The molecular weight excluding hydrogens is 432 g/mol. The summed E-state index contributed by atoms with van der Waals surface area (Å²) in [7, 11) is 0. The predicted molar refractivity (Wildman–Crippen MR) is 133 cm³/mol. The maximum atomic E-state index is 12.7. The van der Waals surface area contributed by atoms with E-state index in [1.54, 1.807) is 11.3 Å². The van der Waals surface area contributed by atoms with E-state index in [4.69, 9.17) is 4.98 Å². The van der Waals surface area contributed by atoms with Crippen LogP contribution in [-0.2, 0) is 9.59 Å². The van der Waals surface area contributed by atoms with Crippen molar-refractivity contribution in [2.75, 3.05) is 5.32 Å². The second-order valence-electron chi connectivity index (χ2n) is 9.58. The third-order valence-corrected chi connectivity index (χ3v) is 8.27. The Hall–Kier alpha value is -2.73. The molecule has 1 aromatic heterocycles. The number of aliphatic carboxylic acids is 1. The Bertz CT molecular complexity index is 1160. The fourth-order valence-corrected chi connectivity index (χ4v) is 6.07.